The number of methoxy groups -OCH3 is 1. The van der Waals surface area contributed by atoms with E-state index < -0.39 is 37.5 Å². The summed E-state index contributed by atoms with van der Waals surface area (Å²) < 4.78 is 62.5. The minimum atomic E-state index is -4.97. The summed E-state index contributed by atoms with van der Waals surface area (Å²) in [5, 5.41) is 12.9. The zero-order chi connectivity index (χ0) is 31.2. The fraction of sp³-hybridized carbons (Fsp3) is 0.355. The summed E-state index contributed by atoms with van der Waals surface area (Å²) in [6.45, 7) is 2.21. The number of nitrogens with one attached hydrogen (secondary N) is 1. The van der Waals surface area contributed by atoms with Gasteiger partial charge in [-0.05, 0) is 47.2 Å². The van der Waals surface area contributed by atoms with Crippen molar-refractivity contribution in [1.82, 2.24) is 5.32 Å². The molecule has 0 heterocycles. The Balaban J connectivity index is 1.42. The molecule has 3 aromatic rings. The number of esters is 1. The van der Waals surface area contributed by atoms with Crippen LogP contribution in [0.5, 0.6) is 0 Å². The molecule has 43 heavy (non-hydrogen) atoms. The molecule has 0 spiro atoms. The average molecular weight is 618 g/mol. The summed E-state index contributed by atoms with van der Waals surface area (Å²) in [5.74, 6) is -0.911. The van der Waals surface area contributed by atoms with E-state index in [2.05, 4.69) is 5.32 Å². The van der Waals surface area contributed by atoms with Gasteiger partial charge in [0.2, 0.25) is 0 Å². The van der Waals surface area contributed by atoms with Crippen molar-refractivity contribution < 1.29 is 46.6 Å². The van der Waals surface area contributed by atoms with E-state index in [4.69, 9.17) is 18.5 Å². The standard InChI is InChI=1S/C31H34F2NO8P/c1-4-41-43(38,42-5-2)31(32,33)28(35)21-16-14-20(15-17-21)18-27(29(36)39-3)34-30(37)40-19-26-24-12-8-6-10-22(24)23-11-7-9-13-25(23)26/h6-17,26-28,35H,4-5,18-19H2,1-3H3,(H,34,37). The third-order valence-electron chi connectivity index (χ3n) is 7.15. The average Bonchev–Trinajstić information content (AvgIpc) is 3.33. The summed E-state index contributed by atoms with van der Waals surface area (Å²) in [5.41, 5.74) is 0.217. The first kappa shape index (κ1) is 32.3. The molecule has 0 saturated heterocycles. The normalized spacial score (nSPS) is 14.4. The number of alkyl halides is 2. The molecule has 0 fully saturated rings. The van der Waals surface area contributed by atoms with E-state index in [0.717, 1.165) is 22.3 Å². The molecule has 2 atom stereocenters. The summed E-state index contributed by atoms with van der Waals surface area (Å²) in [6.07, 6.45) is -3.37. The summed E-state index contributed by atoms with van der Waals surface area (Å²) >= 11 is 0. The molecule has 2 N–H and O–H groups in total. The Bertz CT molecular complexity index is 1430. The number of aliphatic hydroxyl groups is 1. The van der Waals surface area contributed by atoms with E-state index in [-0.39, 0.29) is 37.7 Å². The molecule has 230 valence electrons. The van der Waals surface area contributed by atoms with Crippen LogP contribution < -0.4 is 5.32 Å². The van der Waals surface area contributed by atoms with Crippen molar-refractivity contribution in [3.05, 3.63) is 95.1 Å². The lowest BCUT2D eigenvalue weighted by Gasteiger charge is -2.29. The maximum atomic E-state index is 15.0. The quantitative estimate of drug-likeness (QED) is 0.172. The SMILES string of the molecule is CCOP(=O)(OCC)C(F)(F)C(O)c1ccc(CC(NC(=O)OCC2c3ccccc3-c3ccccc32)C(=O)OC)cc1. The lowest BCUT2D eigenvalue weighted by atomic mass is 9.98. The highest BCUT2D eigenvalue weighted by Crippen LogP contribution is 2.66. The molecule has 0 saturated carbocycles. The predicted octanol–water partition coefficient (Wildman–Crippen LogP) is 6.20. The highest BCUT2D eigenvalue weighted by atomic mass is 31.2. The molecule has 4 rings (SSSR count). The van der Waals surface area contributed by atoms with Gasteiger partial charge in [-0.15, -0.1) is 0 Å². The molecule has 0 radical (unpaired) electrons. The van der Waals surface area contributed by atoms with Gasteiger partial charge >= 0.3 is 25.3 Å². The van der Waals surface area contributed by atoms with Gasteiger partial charge in [0.05, 0.1) is 20.3 Å². The fourth-order valence-corrected chi connectivity index (χ4v) is 6.64. The molecule has 1 aliphatic carbocycles. The molecule has 9 nitrogen and oxygen atoms in total. The van der Waals surface area contributed by atoms with Gasteiger partial charge in [-0.25, -0.2) is 9.59 Å². The van der Waals surface area contributed by atoms with Crippen molar-refractivity contribution in [2.45, 2.75) is 44.0 Å². The number of carbonyl (C=O) groups excluding carboxylic acids is 2. The highest BCUT2D eigenvalue weighted by Gasteiger charge is 2.59. The summed E-state index contributed by atoms with van der Waals surface area (Å²) in [6, 6.07) is 19.8. The molecule has 0 bridgehead atoms. The Hall–Kier alpha value is -3.63. The van der Waals surface area contributed by atoms with Crippen molar-refractivity contribution >= 4 is 19.7 Å². The minimum absolute atomic E-state index is 0.0435. The highest BCUT2D eigenvalue weighted by molar-refractivity contribution is 7.55. The zero-order valence-corrected chi connectivity index (χ0v) is 24.9. The van der Waals surface area contributed by atoms with Gasteiger partial charge in [0.25, 0.3) is 0 Å². The first-order valence-electron chi connectivity index (χ1n) is 13.8. The van der Waals surface area contributed by atoms with Crippen molar-refractivity contribution in [3.63, 3.8) is 0 Å². The van der Waals surface area contributed by atoms with Gasteiger partial charge in [0.1, 0.15) is 12.6 Å². The number of alkyl carbamates (subject to hydrolysis) is 1. The minimum Gasteiger partial charge on any atom is -0.467 e. The van der Waals surface area contributed by atoms with E-state index in [9.17, 15) is 28.0 Å². The third-order valence-corrected chi connectivity index (χ3v) is 9.32. The maximum Gasteiger partial charge on any atom is 0.407 e. The molecule has 0 aromatic heterocycles. The van der Waals surface area contributed by atoms with Crippen LogP contribution in [-0.2, 0) is 34.3 Å². The van der Waals surface area contributed by atoms with Crippen LogP contribution in [0.4, 0.5) is 13.6 Å². The van der Waals surface area contributed by atoms with E-state index >= 15 is 0 Å². The molecular formula is C31H34F2NO8P. The van der Waals surface area contributed by atoms with Crippen LogP contribution in [0.3, 0.4) is 0 Å². The summed E-state index contributed by atoms with van der Waals surface area (Å²) in [7, 11) is -3.80. The first-order valence-corrected chi connectivity index (χ1v) is 15.3. The maximum absolute atomic E-state index is 15.0. The van der Waals surface area contributed by atoms with Crippen LogP contribution >= 0.6 is 7.60 Å². The smallest absolute Gasteiger partial charge is 0.407 e. The van der Waals surface area contributed by atoms with Crippen molar-refractivity contribution in [2.24, 2.45) is 0 Å². The largest absolute Gasteiger partial charge is 0.467 e. The molecule has 3 aromatic carbocycles. The number of rotatable bonds is 13. The Morgan fingerprint density at radius 2 is 1.47 bits per heavy atom. The second-order valence-corrected chi connectivity index (χ2v) is 11.9. The third kappa shape index (κ3) is 6.80. The van der Waals surface area contributed by atoms with Gasteiger partial charge in [-0.1, -0.05) is 72.8 Å². The predicted molar refractivity (Wildman–Crippen MR) is 155 cm³/mol. The van der Waals surface area contributed by atoms with Crippen LogP contribution in [0.2, 0.25) is 0 Å². The molecule has 1 aliphatic rings. The second-order valence-electron chi connectivity index (χ2n) is 9.81. The lowest BCUT2D eigenvalue weighted by molar-refractivity contribution is -0.143. The van der Waals surface area contributed by atoms with E-state index in [0.29, 0.717) is 5.56 Å². The first-order chi connectivity index (χ1) is 20.6. The number of amides is 1. The lowest BCUT2D eigenvalue weighted by Crippen LogP contribution is -2.43. The number of hydrogen-bond acceptors (Lipinski definition) is 8. The number of carbonyl (C=O) groups is 2. The van der Waals surface area contributed by atoms with Gasteiger partial charge in [0, 0.05) is 12.3 Å². The van der Waals surface area contributed by atoms with E-state index in [1.807, 2.05) is 48.5 Å². The molecule has 12 heteroatoms. The fourth-order valence-electron chi connectivity index (χ4n) is 5.09. The van der Waals surface area contributed by atoms with Crippen molar-refractivity contribution in [3.8, 4) is 11.1 Å². The molecule has 2 unspecified atom stereocenters. The number of fused-ring (bicyclic) bond motifs is 3. The van der Waals surface area contributed by atoms with Gasteiger partial charge < -0.3 is 28.9 Å². The van der Waals surface area contributed by atoms with Crippen molar-refractivity contribution in [2.75, 3.05) is 26.9 Å². The molecular weight excluding hydrogens is 583 g/mol. The zero-order valence-electron chi connectivity index (χ0n) is 24.0. The van der Waals surface area contributed by atoms with Gasteiger partial charge in [-0.2, -0.15) is 8.78 Å². The number of hydrogen-bond donors (Lipinski definition) is 2. The molecule has 1 amide bonds. The van der Waals surface area contributed by atoms with E-state index in [1.165, 1.54) is 45.2 Å². The Kier molecular flexibility index (Phi) is 10.3. The summed E-state index contributed by atoms with van der Waals surface area (Å²) in [4.78, 5) is 25.3. The second kappa shape index (κ2) is 13.8. The van der Waals surface area contributed by atoms with Crippen LogP contribution in [0.15, 0.2) is 72.8 Å². The van der Waals surface area contributed by atoms with Gasteiger partial charge in [0.15, 0.2) is 6.10 Å². The number of halogens is 2. The van der Waals surface area contributed by atoms with Crippen LogP contribution in [0.1, 0.15) is 48.1 Å². The topological polar surface area (TPSA) is 120 Å². The van der Waals surface area contributed by atoms with Crippen LogP contribution in [0, 0.1) is 0 Å². The Morgan fingerprint density at radius 1 is 0.930 bits per heavy atom. The monoisotopic (exact) mass is 617 g/mol. The number of ether oxygens (including phenoxy) is 2. The Labute approximate surface area is 248 Å². The van der Waals surface area contributed by atoms with E-state index in [1.54, 1.807) is 0 Å². The number of aliphatic hydroxyl groups excluding tert-OH is 1. The van der Waals surface area contributed by atoms with Crippen molar-refractivity contribution in [1.29, 1.82) is 0 Å². The molecule has 0 aliphatic heterocycles. The Morgan fingerprint density at radius 3 is 1.98 bits per heavy atom. The van der Waals surface area contributed by atoms with Crippen LogP contribution in [-0.4, -0.2) is 55.8 Å². The number of benzene rings is 3. The van der Waals surface area contributed by atoms with Crippen LogP contribution in [0.25, 0.3) is 11.1 Å². The van der Waals surface area contributed by atoms with Gasteiger partial charge in [-0.3, -0.25) is 4.57 Å².